The number of rotatable bonds is 3. The molecule has 0 spiro atoms. The summed E-state index contributed by atoms with van der Waals surface area (Å²) < 4.78 is 11.1. The fraction of sp³-hybridized carbons (Fsp3) is 0.562. The lowest BCUT2D eigenvalue weighted by Crippen LogP contribution is -2.48. The Morgan fingerprint density at radius 3 is 3.00 bits per heavy atom. The third-order valence-corrected chi connectivity index (χ3v) is 4.09. The maximum absolute atomic E-state index is 12.6. The van der Waals surface area contributed by atoms with Gasteiger partial charge in [-0.3, -0.25) is 9.69 Å². The van der Waals surface area contributed by atoms with Crippen LogP contribution >= 0.6 is 0 Å². The second-order valence-electron chi connectivity index (χ2n) is 5.73. The van der Waals surface area contributed by atoms with E-state index in [9.17, 15) is 4.79 Å². The Hall–Kier alpha value is -1.39. The van der Waals surface area contributed by atoms with Gasteiger partial charge in [-0.25, -0.2) is 0 Å². The molecule has 0 amide bonds. The van der Waals surface area contributed by atoms with E-state index >= 15 is 0 Å². The molecule has 2 heterocycles. The van der Waals surface area contributed by atoms with Crippen molar-refractivity contribution in [3.63, 3.8) is 0 Å². The second kappa shape index (κ2) is 5.54. The van der Waals surface area contributed by atoms with Crippen LogP contribution < -0.4 is 4.74 Å². The Morgan fingerprint density at radius 1 is 1.35 bits per heavy atom. The van der Waals surface area contributed by atoms with Crippen LogP contribution in [0.1, 0.15) is 29.8 Å². The van der Waals surface area contributed by atoms with Gasteiger partial charge in [0.05, 0.1) is 13.2 Å². The number of ketones is 1. The quantitative estimate of drug-likeness (QED) is 0.790. The highest BCUT2D eigenvalue weighted by Crippen LogP contribution is 2.27. The molecule has 1 aromatic carbocycles. The molecule has 3 rings (SSSR count). The number of carbonyl (C=O) groups excluding carboxylic acids is 1. The number of hydrogen-bond acceptors (Lipinski definition) is 4. The first-order valence-electron chi connectivity index (χ1n) is 7.31. The van der Waals surface area contributed by atoms with Crippen LogP contribution in [0.2, 0.25) is 0 Å². The van der Waals surface area contributed by atoms with Crippen molar-refractivity contribution in [1.82, 2.24) is 4.90 Å². The Kier molecular flexibility index (Phi) is 3.76. The minimum Gasteiger partial charge on any atom is -0.493 e. The van der Waals surface area contributed by atoms with Gasteiger partial charge in [-0.1, -0.05) is 0 Å². The number of ether oxygens (including phenoxy) is 2. The molecule has 1 fully saturated rings. The Balaban J connectivity index is 1.75. The minimum atomic E-state index is -0.341. The minimum absolute atomic E-state index is 0.0880. The highest BCUT2D eigenvalue weighted by atomic mass is 16.5. The maximum Gasteiger partial charge on any atom is 0.192 e. The Labute approximate surface area is 119 Å². The van der Waals surface area contributed by atoms with Gasteiger partial charge in [-0.05, 0) is 37.6 Å². The van der Waals surface area contributed by atoms with Gasteiger partial charge in [0, 0.05) is 31.1 Å². The van der Waals surface area contributed by atoms with E-state index in [1.165, 1.54) is 0 Å². The van der Waals surface area contributed by atoms with Crippen molar-refractivity contribution in [2.75, 3.05) is 26.3 Å². The van der Waals surface area contributed by atoms with Gasteiger partial charge in [-0.2, -0.15) is 0 Å². The number of nitrogens with zero attached hydrogens (tertiary/aromatic N) is 1. The van der Waals surface area contributed by atoms with Gasteiger partial charge in [0.2, 0.25) is 0 Å². The summed E-state index contributed by atoms with van der Waals surface area (Å²) in [5, 5.41) is 0. The van der Waals surface area contributed by atoms with Gasteiger partial charge in [0.25, 0.3) is 0 Å². The number of benzene rings is 1. The Bertz CT molecular complexity index is 512. The lowest BCUT2D eigenvalue weighted by molar-refractivity contribution is -0.0256. The summed E-state index contributed by atoms with van der Waals surface area (Å²) in [6.45, 7) is 7.24. The van der Waals surface area contributed by atoms with Crippen LogP contribution in [0.5, 0.6) is 5.75 Å². The van der Waals surface area contributed by atoms with E-state index in [1.54, 1.807) is 0 Å². The Morgan fingerprint density at radius 2 is 2.20 bits per heavy atom. The summed E-state index contributed by atoms with van der Waals surface area (Å²) in [7, 11) is 0. The lowest BCUT2D eigenvalue weighted by Gasteiger charge is -2.34. The molecule has 1 saturated heterocycles. The first kappa shape index (κ1) is 13.6. The van der Waals surface area contributed by atoms with Crippen LogP contribution in [0.3, 0.4) is 0 Å². The van der Waals surface area contributed by atoms with Gasteiger partial charge >= 0.3 is 0 Å². The van der Waals surface area contributed by atoms with Gasteiger partial charge < -0.3 is 9.47 Å². The zero-order valence-corrected chi connectivity index (χ0v) is 12.1. The molecule has 0 aliphatic carbocycles. The van der Waals surface area contributed by atoms with E-state index in [2.05, 4.69) is 18.7 Å². The first-order valence-corrected chi connectivity index (χ1v) is 7.31. The molecule has 0 N–H and O–H groups in total. The monoisotopic (exact) mass is 275 g/mol. The van der Waals surface area contributed by atoms with Crippen molar-refractivity contribution in [2.24, 2.45) is 0 Å². The van der Waals surface area contributed by atoms with Crippen LogP contribution in [-0.2, 0) is 11.2 Å². The molecular weight excluding hydrogens is 254 g/mol. The van der Waals surface area contributed by atoms with Crippen LogP contribution in [0, 0.1) is 0 Å². The molecule has 2 aliphatic rings. The molecule has 0 radical (unpaired) electrons. The summed E-state index contributed by atoms with van der Waals surface area (Å²) in [6.07, 6.45) is 0.548. The molecule has 0 bridgehead atoms. The molecule has 4 heteroatoms. The van der Waals surface area contributed by atoms with E-state index < -0.39 is 0 Å². The number of Topliss-reactive ketones (excluding diaryl/α,β-unsaturated/α-hetero) is 1. The van der Waals surface area contributed by atoms with Crippen molar-refractivity contribution in [3.8, 4) is 5.75 Å². The topological polar surface area (TPSA) is 38.8 Å². The average Bonchev–Trinajstić information content (AvgIpc) is 2.94. The molecule has 108 valence electrons. The summed E-state index contributed by atoms with van der Waals surface area (Å²) >= 11 is 0. The highest BCUT2D eigenvalue weighted by molar-refractivity contribution is 6.00. The predicted molar refractivity (Wildman–Crippen MR) is 76.4 cm³/mol. The molecule has 1 unspecified atom stereocenters. The van der Waals surface area contributed by atoms with Crippen molar-refractivity contribution in [1.29, 1.82) is 0 Å². The van der Waals surface area contributed by atoms with Crippen LogP contribution in [0.25, 0.3) is 0 Å². The van der Waals surface area contributed by atoms with Crippen molar-refractivity contribution in [3.05, 3.63) is 29.3 Å². The normalized spacial score (nSPS) is 22.6. The molecule has 1 aromatic rings. The van der Waals surface area contributed by atoms with E-state index in [4.69, 9.17) is 9.47 Å². The van der Waals surface area contributed by atoms with Crippen LogP contribution in [-0.4, -0.2) is 49.1 Å². The first-order chi connectivity index (χ1) is 9.65. The molecule has 1 atom stereocenters. The molecule has 4 nitrogen and oxygen atoms in total. The average molecular weight is 275 g/mol. The van der Waals surface area contributed by atoms with E-state index in [0.717, 1.165) is 29.8 Å². The zero-order valence-electron chi connectivity index (χ0n) is 12.1. The van der Waals surface area contributed by atoms with Crippen LogP contribution in [0.4, 0.5) is 0 Å². The molecule has 20 heavy (non-hydrogen) atoms. The fourth-order valence-corrected chi connectivity index (χ4v) is 2.82. The van der Waals surface area contributed by atoms with Gasteiger partial charge in [-0.15, -0.1) is 0 Å². The molecule has 0 aromatic heterocycles. The van der Waals surface area contributed by atoms with Crippen molar-refractivity contribution < 1.29 is 14.3 Å². The smallest absolute Gasteiger partial charge is 0.192 e. The second-order valence-corrected chi connectivity index (χ2v) is 5.73. The largest absolute Gasteiger partial charge is 0.493 e. The van der Waals surface area contributed by atoms with E-state index in [0.29, 0.717) is 25.8 Å². The number of fused-ring (bicyclic) bond motifs is 1. The molecule has 0 saturated carbocycles. The SMILES string of the molecule is CC(C)N1CCOC(C(=O)c2ccc3c(c2)CCO3)C1. The van der Waals surface area contributed by atoms with Gasteiger partial charge in [0.1, 0.15) is 11.9 Å². The fourth-order valence-electron chi connectivity index (χ4n) is 2.82. The lowest BCUT2D eigenvalue weighted by atomic mass is 10.0. The van der Waals surface area contributed by atoms with Crippen molar-refractivity contribution in [2.45, 2.75) is 32.4 Å². The van der Waals surface area contributed by atoms with Crippen LogP contribution in [0.15, 0.2) is 18.2 Å². The predicted octanol–water partition coefficient (Wildman–Crippen LogP) is 1.91. The number of carbonyl (C=O) groups is 1. The molecular formula is C16H21NO3. The van der Waals surface area contributed by atoms with Gasteiger partial charge in [0.15, 0.2) is 5.78 Å². The summed E-state index contributed by atoms with van der Waals surface area (Å²) in [6, 6.07) is 6.16. The number of morpholine rings is 1. The van der Waals surface area contributed by atoms with Crippen molar-refractivity contribution >= 4 is 5.78 Å². The summed E-state index contributed by atoms with van der Waals surface area (Å²) in [5.41, 5.74) is 1.87. The third-order valence-electron chi connectivity index (χ3n) is 4.09. The number of hydrogen-bond donors (Lipinski definition) is 0. The third kappa shape index (κ3) is 2.58. The van der Waals surface area contributed by atoms with E-state index in [1.807, 2.05) is 18.2 Å². The highest BCUT2D eigenvalue weighted by Gasteiger charge is 2.29. The zero-order chi connectivity index (χ0) is 14.1. The summed E-state index contributed by atoms with van der Waals surface area (Å²) in [4.78, 5) is 14.9. The maximum atomic E-state index is 12.6. The van der Waals surface area contributed by atoms with E-state index in [-0.39, 0.29) is 11.9 Å². The standard InChI is InChI=1S/C16H21NO3/c1-11(2)17-6-8-20-15(10-17)16(18)13-3-4-14-12(9-13)5-7-19-14/h3-4,9,11,15H,5-8,10H2,1-2H3. The molecule has 2 aliphatic heterocycles. The summed E-state index contributed by atoms with van der Waals surface area (Å²) in [5.74, 6) is 1.000.